The molecule has 0 fully saturated rings. The molecule has 0 aliphatic heterocycles. The smallest absolute Gasteiger partial charge is 0.300 e. The number of fused-ring (bicyclic) bond motifs is 6. The molecule has 8 rings (SSSR count). The van der Waals surface area contributed by atoms with Crippen LogP contribution >= 0.6 is 23.1 Å². The molecule has 0 bridgehead atoms. The van der Waals surface area contributed by atoms with Gasteiger partial charge in [-0.25, -0.2) is 9.97 Å². The van der Waals surface area contributed by atoms with Crippen LogP contribution in [-0.2, 0) is 50.6 Å². The van der Waals surface area contributed by atoms with Crippen LogP contribution in [0.2, 0.25) is 0 Å². The van der Waals surface area contributed by atoms with Crippen LogP contribution in [0.3, 0.4) is 0 Å². The van der Waals surface area contributed by atoms with Gasteiger partial charge in [-0.1, -0.05) is 17.4 Å². The monoisotopic (exact) mass is 1250 g/mol. The molecule has 0 aliphatic rings. The van der Waals surface area contributed by atoms with E-state index in [9.17, 15) is 75.2 Å². The Bertz CT molecular complexity index is 4660. The van der Waals surface area contributed by atoms with Gasteiger partial charge in [0.15, 0.2) is 16.2 Å². The molecule has 0 unspecified atom stereocenters. The fraction of sp³-hybridized carbons (Fsp3) is 0.222. The highest BCUT2D eigenvalue weighted by atomic mass is 32.2. The minimum Gasteiger partial charge on any atom is -0.495 e. The van der Waals surface area contributed by atoms with Crippen molar-refractivity contribution in [3.05, 3.63) is 77.4 Å². The van der Waals surface area contributed by atoms with Gasteiger partial charge in [0.1, 0.15) is 61.9 Å². The number of nitrogens with zero attached hydrogens (tertiary/aromatic N) is 10. The van der Waals surface area contributed by atoms with Crippen molar-refractivity contribution in [2.24, 2.45) is 30.7 Å². The van der Waals surface area contributed by atoms with Gasteiger partial charge in [-0.3, -0.25) is 27.2 Å². The maximum Gasteiger partial charge on any atom is 0.300 e. The van der Waals surface area contributed by atoms with E-state index in [2.05, 4.69) is 40.7 Å². The van der Waals surface area contributed by atoms with Crippen LogP contribution < -0.4 is 14.2 Å². The highest BCUT2D eigenvalue weighted by Crippen LogP contribution is 2.46. The molecule has 6 N–H and O–H groups in total. The Morgan fingerprint density at radius 1 is 0.679 bits per heavy atom. The molecule has 3 heterocycles. The first kappa shape index (κ1) is 59.7. The van der Waals surface area contributed by atoms with Gasteiger partial charge in [0, 0.05) is 28.0 Å². The highest BCUT2D eigenvalue weighted by molar-refractivity contribution is 7.99. The molecule has 3 aromatic heterocycles. The summed E-state index contributed by atoms with van der Waals surface area (Å²) in [4.78, 5) is 6.87. The number of rotatable bonds is 21. The van der Waals surface area contributed by atoms with Crippen LogP contribution in [0.15, 0.2) is 111 Å². The second kappa shape index (κ2) is 22.9. The van der Waals surface area contributed by atoms with Gasteiger partial charge >= 0.3 is 0 Å². The molecule has 81 heavy (non-hydrogen) atoms. The zero-order chi connectivity index (χ0) is 59.1. The van der Waals surface area contributed by atoms with E-state index in [0.717, 1.165) is 52.8 Å². The number of thiazole rings is 1. The van der Waals surface area contributed by atoms with Gasteiger partial charge in [0.2, 0.25) is 11.0 Å². The first-order valence-electron chi connectivity index (χ1n) is 22.6. The number of aromatic nitrogens is 3. The number of benzene rings is 5. The number of hydrogen-bond acceptors (Lipinski definition) is 25. The first-order valence-corrected chi connectivity index (χ1v) is 32.0. The molecule has 426 valence electrons. The van der Waals surface area contributed by atoms with E-state index in [4.69, 9.17) is 14.2 Å². The quantitative estimate of drug-likeness (QED) is 0.0169. The average Bonchev–Trinajstić information content (AvgIpc) is 4.00. The second-order valence-electron chi connectivity index (χ2n) is 17.1. The third-order valence-corrected chi connectivity index (χ3v) is 17.9. The third kappa shape index (κ3) is 13.2. The SMILES string of the molecule is COc1cc(N=Nc2cc(OCCCS(=O)(=O)O)c(N=Nc3c(C)c(C#N)c4nc5c(S(=O)(=O)O)c(OC)ccc5n4c3O)cc2C)c(SCCCS(=O)(=O)O)cc1N=Nc1nc2c(S(=O)(=O)O)cc3cc(S(=O)(=O)O)ccc3c2s1. The molecule has 0 spiro atoms. The van der Waals surface area contributed by atoms with Crippen molar-refractivity contribution in [3.63, 3.8) is 0 Å². The summed E-state index contributed by atoms with van der Waals surface area (Å²) in [6, 6.07) is 14.5. The molecule has 8 aromatic rings. The summed E-state index contributed by atoms with van der Waals surface area (Å²) in [5, 5.41) is 48.0. The molecule has 0 saturated heterocycles. The summed E-state index contributed by atoms with van der Waals surface area (Å²) in [6.45, 7) is 2.68. The topological polar surface area (TPSA) is 448 Å². The maximum absolute atomic E-state index is 12.5. The summed E-state index contributed by atoms with van der Waals surface area (Å²) >= 11 is 1.88. The van der Waals surface area contributed by atoms with Crippen LogP contribution in [-0.4, -0.2) is 122 Å². The lowest BCUT2D eigenvalue weighted by Crippen LogP contribution is -2.08. The summed E-state index contributed by atoms with van der Waals surface area (Å²) in [5.41, 5.74) is -0.699. The Kier molecular flexibility index (Phi) is 16.8. The summed E-state index contributed by atoms with van der Waals surface area (Å²) in [7, 11) is -21.0. The Labute approximate surface area is 467 Å². The van der Waals surface area contributed by atoms with Crippen LogP contribution in [0.1, 0.15) is 29.5 Å². The maximum atomic E-state index is 12.5. The van der Waals surface area contributed by atoms with Gasteiger partial charge in [-0.2, -0.15) is 52.5 Å². The molecule has 29 nitrogen and oxygen atoms in total. The number of aryl methyl sites for hydroxylation is 1. The zero-order valence-electron chi connectivity index (χ0n) is 41.8. The van der Waals surface area contributed by atoms with Gasteiger partial charge in [-0.05, 0) is 85.9 Å². The summed E-state index contributed by atoms with van der Waals surface area (Å²) in [5.74, 6) is -2.18. The number of nitriles is 1. The predicted molar refractivity (Wildman–Crippen MR) is 292 cm³/mol. The Morgan fingerprint density at radius 2 is 1.32 bits per heavy atom. The van der Waals surface area contributed by atoms with Gasteiger partial charge in [0.05, 0.1) is 53.1 Å². The Hall–Kier alpha value is -7.41. The predicted octanol–water partition coefficient (Wildman–Crippen LogP) is 9.47. The lowest BCUT2D eigenvalue weighted by Gasteiger charge is -2.12. The van der Waals surface area contributed by atoms with Crippen molar-refractivity contribution in [1.29, 1.82) is 5.26 Å². The van der Waals surface area contributed by atoms with Crippen LogP contribution in [0.25, 0.3) is 37.7 Å². The van der Waals surface area contributed by atoms with E-state index >= 15 is 0 Å². The lowest BCUT2D eigenvalue weighted by molar-refractivity contribution is 0.317. The highest BCUT2D eigenvalue weighted by Gasteiger charge is 2.29. The summed E-state index contributed by atoms with van der Waals surface area (Å²) < 4.78 is 186. The largest absolute Gasteiger partial charge is 0.495 e. The van der Waals surface area contributed by atoms with Crippen molar-refractivity contribution in [2.75, 3.05) is 38.1 Å². The molecule has 0 aliphatic carbocycles. The lowest BCUT2D eigenvalue weighted by atomic mass is 10.1. The molecule has 0 atom stereocenters. The number of hydrogen-bond donors (Lipinski definition) is 6. The Balaban J connectivity index is 1.19. The van der Waals surface area contributed by atoms with Crippen LogP contribution in [0.5, 0.6) is 23.1 Å². The zero-order valence-corrected chi connectivity index (χ0v) is 47.6. The Morgan fingerprint density at radius 3 is 1.96 bits per heavy atom. The van der Waals surface area contributed by atoms with Crippen molar-refractivity contribution in [2.45, 2.75) is 46.3 Å². The van der Waals surface area contributed by atoms with Gasteiger partial charge in [0.25, 0.3) is 50.6 Å². The van der Waals surface area contributed by atoms with E-state index < -0.39 is 82.7 Å². The second-order valence-corrected chi connectivity index (χ2v) is 26.5. The molecule has 0 saturated carbocycles. The average molecular weight is 1250 g/mol. The molecular formula is C45H40N10O19S7. The number of pyridine rings is 1. The molecular weight excluding hydrogens is 1210 g/mol. The van der Waals surface area contributed by atoms with E-state index in [1.165, 1.54) is 56.5 Å². The molecule has 0 radical (unpaired) electrons. The number of methoxy groups -OCH3 is 2. The first-order chi connectivity index (χ1) is 37.9. The number of aromatic hydroxyl groups is 1. The molecule has 0 amide bonds. The molecule has 36 heteroatoms. The fourth-order valence-corrected chi connectivity index (χ4v) is 13.1. The fourth-order valence-electron chi connectivity index (χ4n) is 7.93. The van der Waals surface area contributed by atoms with Crippen molar-refractivity contribution < 1.29 is 84.2 Å². The number of thioether (sulfide) groups is 1. The van der Waals surface area contributed by atoms with Crippen LogP contribution in [0, 0.1) is 25.2 Å². The van der Waals surface area contributed by atoms with Crippen molar-refractivity contribution >= 4 is 145 Å². The van der Waals surface area contributed by atoms with Gasteiger partial charge < -0.3 is 19.3 Å². The van der Waals surface area contributed by atoms with Crippen LogP contribution in [0.4, 0.5) is 33.6 Å². The number of ether oxygens (including phenoxy) is 3. The standard InChI is InChI=1S/C45H40N10O19S7/c1-22-15-29(50-53-38-23(2)27(21-46)43-47-39-32(55(43)44(38)56)9-10-33(72-3)42(39)81(69,70)71)35(74-11-5-13-77(57,58)59)18-28(22)49-52-31-19-34(73-4)30(20-36(31)75-12-6-14-78(60,61)62)51-54-45-48-40-37(80(66,67)68)17-24-16-25(79(63,64)65)7-8-26(24)41(40)76-45/h7-10,15-20,56H,5-6,11-14H2,1-4H3,(H,57,58,59)(H,60,61,62)(H,63,64,65)(H,66,67,68)(H,69,70,71). The van der Waals surface area contributed by atoms with Crippen molar-refractivity contribution in [1.82, 2.24) is 14.4 Å². The third-order valence-electron chi connectivity index (χ3n) is 11.6. The summed E-state index contributed by atoms with van der Waals surface area (Å²) in [6.07, 6.45) is -0.250. The van der Waals surface area contributed by atoms with Crippen molar-refractivity contribution in [3.8, 4) is 29.2 Å². The number of azo groups is 3. The normalized spacial score (nSPS) is 13.0. The minimum absolute atomic E-state index is 0.0172. The van der Waals surface area contributed by atoms with E-state index in [-0.39, 0.29) is 125 Å². The van der Waals surface area contributed by atoms with E-state index in [0.29, 0.717) is 10.5 Å². The van der Waals surface area contributed by atoms with E-state index in [1.807, 2.05) is 6.07 Å². The minimum atomic E-state index is -4.97. The van der Waals surface area contributed by atoms with Gasteiger partial charge in [-0.15, -0.1) is 37.3 Å². The van der Waals surface area contributed by atoms with E-state index in [1.54, 1.807) is 6.92 Å². The molecule has 5 aromatic carbocycles. The number of imidazole rings is 1.